The van der Waals surface area contributed by atoms with Crippen LogP contribution in [-0.4, -0.2) is 25.7 Å². The van der Waals surface area contributed by atoms with E-state index in [9.17, 15) is 0 Å². The van der Waals surface area contributed by atoms with E-state index in [2.05, 4.69) is 17.2 Å². The van der Waals surface area contributed by atoms with Crippen LogP contribution in [0.3, 0.4) is 0 Å². The summed E-state index contributed by atoms with van der Waals surface area (Å²) in [5.41, 5.74) is 6.82. The Morgan fingerprint density at radius 2 is 2.10 bits per heavy atom. The fourth-order valence-corrected chi connectivity index (χ4v) is 2.68. The average molecular weight is 289 g/mol. The van der Waals surface area contributed by atoms with Crippen LogP contribution in [0.2, 0.25) is 0 Å². The van der Waals surface area contributed by atoms with Crippen LogP contribution in [-0.2, 0) is 0 Å². The lowest BCUT2D eigenvalue weighted by Gasteiger charge is -2.10. The van der Waals surface area contributed by atoms with Gasteiger partial charge in [-0.05, 0) is 30.4 Å². The fourth-order valence-electron chi connectivity index (χ4n) is 2.68. The van der Waals surface area contributed by atoms with Gasteiger partial charge in [-0.1, -0.05) is 13.3 Å². The van der Waals surface area contributed by atoms with E-state index in [1.165, 1.54) is 12.8 Å². The van der Waals surface area contributed by atoms with Crippen LogP contribution in [0.1, 0.15) is 26.2 Å². The second kappa shape index (κ2) is 6.24. The number of nitrogens with two attached hydrogens (primary N) is 1. The number of ether oxygens (including phenoxy) is 2. The lowest BCUT2D eigenvalue weighted by molar-refractivity contribution is 0.297. The van der Waals surface area contributed by atoms with Crippen LogP contribution in [0.5, 0.6) is 11.5 Å². The van der Waals surface area contributed by atoms with E-state index < -0.39 is 0 Å². The molecule has 0 bridgehead atoms. The van der Waals surface area contributed by atoms with E-state index in [4.69, 9.17) is 15.2 Å². The van der Waals surface area contributed by atoms with Gasteiger partial charge in [0.25, 0.3) is 0 Å². The maximum atomic E-state index is 5.94. The summed E-state index contributed by atoms with van der Waals surface area (Å²) in [6.45, 7) is 4.43. The van der Waals surface area contributed by atoms with Crippen molar-refractivity contribution in [3.63, 3.8) is 0 Å². The molecule has 1 aromatic rings. The average Bonchev–Trinajstić information content (AvgIpc) is 3.27. The van der Waals surface area contributed by atoms with Crippen molar-refractivity contribution in [1.82, 2.24) is 0 Å². The quantitative estimate of drug-likeness (QED) is 0.660. The van der Waals surface area contributed by atoms with Crippen LogP contribution in [0, 0.1) is 11.8 Å². The monoisotopic (exact) mass is 289 g/mol. The number of nitrogens with one attached hydrogen (secondary N) is 1. The van der Waals surface area contributed by atoms with E-state index in [1.54, 1.807) is 0 Å². The maximum Gasteiger partial charge on any atom is 0.193 e. The Morgan fingerprint density at radius 1 is 1.29 bits per heavy atom. The van der Waals surface area contributed by atoms with Crippen molar-refractivity contribution in [3.8, 4) is 11.5 Å². The number of anilines is 1. The molecule has 2 aliphatic rings. The van der Waals surface area contributed by atoms with Gasteiger partial charge in [0.1, 0.15) is 0 Å². The molecule has 0 amide bonds. The maximum absolute atomic E-state index is 5.94. The van der Waals surface area contributed by atoms with E-state index in [0.717, 1.165) is 42.0 Å². The van der Waals surface area contributed by atoms with Gasteiger partial charge in [-0.25, -0.2) is 0 Å². The molecule has 2 atom stereocenters. The molecular weight excluding hydrogens is 266 g/mol. The molecule has 3 rings (SSSR count). The van der Waals surface area contributed by atoms with Gasteiger partial charge in [0.2, 0.25) is 0 Å². The van der Waals surface area contributed by atoms with E-state index in [-0.39, 0.29) is 0 Å². The molecule has 0 saturated heterocycles. The minimum absolute atomic E-state index is 0.464. The van der Waals surface area contributed by atoms with Crippen LogP contribution in [0.4, 0.5) is 5.69 Å². The van der Waals surface area contributed by atoms with Crippen molar-refractivity contribution in [2.45, 2.75) is 26.2 Å². The predicted molar refractivity (Wildman–Crippen MR) is 84.0 cm³/mol. The van der Waals surface area contributed by atoms with Crippen LogP contribution in [0.15, 0.2) is 23.2 Å². The number of hydrogen-bond donors (Lipinski definition) is 2. The number of hydrogen-bond acceptors (Lipinski definition) is 3. The SMILES string of the molecule is CC[C@@H]1C[C@H]1CN=C(N)Nc1ccc2c(c1)OCCCO2. The van der Waals surface area contributed by atoms with Gasteiger partial charge in [-0.15, -0.1) is 0 Å². The van der Waals surface area contributed by atoms with Crippen molar-refractivity contribution < 1.29 is 9.47 Å². The van der Waals surface area contributed by atoms with Crippen LogP contribution in [0.25, 0.3) is 0 Å². The summed E-state index contributed by atoms with van der Waals surface area (Å²) < 4.78 is 11.3. The Morgan fingerprint density at radius 3 is 2.86 bits per heavy atom. The Balaban J connectivity index is 1.59. The first-order valence-electron chi connectivity index (χ1n) is 7.73. The van der Waals surface area contributed by atoms with Crippen molar-refractivity contribution in [1.29, 1.82) is 0 Å². The highest BCUT2D eigenvalue weighted by Gasteiger charge is 2.34. The molecule has 1 saturated carbocycles. The third kappa shape index (κ3) is 3.60. The molecule has 0 radical (unpaired) electrons. The van der Waals surface area contributed by atoms with Crippen molar-refractivity contribution in [3.05, 3.63) is 18.2 Å². The second-order valence-electron chi connectivity index (χ2n) is 5.73. The van der Waals surface area contributed by atoms with Gasteiger partial charge >= 0.3 is 0 Å². The highest BCUT2D eigenvalue weighted by molar-refractivity contribution is 5.92. The molecule has 0 aromatic heterocycles. The first-order valence-corrected chi connectivity index (χ1v) is 7.73. The molecule has 1 aliphatic heterocycles. The smallest absolute Gasteiger partial charge is 0.193 e. The van der Waals surface area contributed by atoms with Crippen molar-refractivity contribution in [2.24, 2.45) is 22.6 Å². The minimum atomic E-state index is 0.464. The number of benzene rings is 1. The summed E-state index contributed by atoms with van der Waals surface area (Å²) in [4.78, 5) is 4.42. The van der Waals surface area contributed by atoms with Gasteiger partial charge in [-0.3, -0.25) is 4.99 Å². The first kappa shape index (κ1) is 14.0. The fraction of sp³-hybridized carbons (Fsp3) is 0.562. The van der Waals surface area contributed by atoms with Gasteiger partial charge < -0.3 is 20.5 Å². The number of nitrogens with zero attached hydrogens (tertiary/aromatic N) is 1. The summed E-state index contributed by atoms with van der Waals surface area (Å²) in [6, 6.07) is 5.75. The summed E-state index contributed by atoms with van der Waals surface area (Å²) in [6.07, 6.45) is 3.44. The van der Waals surface area contributed by atoms with Gasteiger partial charge in [-0.2, -0.15) is 0 Å². The zero-order valence-corrected chi connectivity index (χ0v) is 12.5. The zero-order chi connectivity index (χ0) is 14.7. The Labute approximate surface area is 125 Å². The Bertz CT molecular complexity index is 530. The number of rotatable bonds is 4. The summed E-state index contributed by atoms with van der Waals surface area (Å²) in [7, 11) is 0. The summed E-state index contributed by atoms with van der Waals surface area (Å²) >= 11 is 0. The van der Waals surface area contributed by atoms with Crippen LogP contribution < -0.4 is 20.5 Å². The zero-order valence-electron chi connectivity index (χ0n) is 12.5. The largest absolute Gasteiger partial charge is 0.490 e. The van der Waals surface area contributed by atoms with Crippen molar-refractivity contribution in [2.75, 3.05) is 25.1 Å². The highest BCUT2D eigenvalue weighted by atomic mass is 16.5. The molecule has 21 heavy (non-hydrogen) atoms. The molecule has 0 unspecified atom stereocenters. The normalized spacial score (nSPS) is 24.3. The molecule has 1 aliphatic carbocycles. The lowest BCUT2D eigenvalue weighted by atomic mass is 10.2. The van der Waals surface area contributed by atoms with E-state index >= 15 is 0 Å². The molecule has 1 fully saturated rings. The topological polar surface area (TPSA) is 68.9 Å². The molecule has 5 heteroatoms. The molecule has 0 spiro atoms. The molecule has 1 heterocycles. The highest BCUT2D eigenvalue weighted by Crippen LogP contribution is 2.41. The summed E-state index contributed by atoms with van der Waals surface area (Å²) in [5.74, 6) is 3.58. The van der Waals surface area contributed by atoms with Crippen molar-refractivity contribution >= 4 is 11.6 Å². The Hall–Kier alpha value is -1.91. The standard InChI is InChI=1S/C16H23N3O2/c1-2-11-8-12(11)10-18-16(17)19-13-4-5-14-15(9-13)21-7-3-6-20-14/h4-5,9,11-12H,2-3,6-8,10H2,1H3,(H3,17,18,19)/t11-,12+/m1/s1. The van der Waals surface area contributed by atoms with Gasteiger partial charge in [0.05, 0.1) is 13.2 Å². The summed E-state index contributed by atoms with van der Waals surface area (Å²) in [5, 5.41) is 3.12. The lowest BCUT2D eigenvalue weighted by Crippen LogP contribution is -2.23. The number of guanidine groups is 1. The predicted octanol–water partition coefficient (Wildman–Crippen LogP) is 2.62. The molecule has 3 N–H and O–H groups in total. The molecule has 5 nitrogen and oxygen atoms in total. The minimum Gasteiger partial charge on any atom is -0.490 e. The van der Waals surface area contributed by atoms with E-state index in [1.807, 2.05) is 18.2 Å². The first-order chi connectivity index (χ1) is 10.3. The van der Waals surface area contributed by atoms with Gasteiger partial charge in [0.15, 0.2) is 17.5 Å². The number of aliphatic imine (C=N–C) groups is 1. The van der Waals surface area contributed by atoms with E-state index in [0.29, 0.717) is 19.2 Å². The Kier molecular flexibility index (Phi) is 4.18. The molecule has 114 valence electrons. The number of fused-ring (bicyclic) bond motifs is 1. The molecular formula is C16H23N3O2. The van der Waals surface area contributed by atoms with Gasteiger partial charge in [0, 0.05) is 24.7 Å². The van der Waals surface area contributed by atoms with Crippen LogP contribution >= 0.6 is 0 Å². The molecule has 1 aromatic carbocycles. The third-order valence-corrected chi connectivity index (χ3v) is 4.11. The third-order valence-electron chi connectivity index (χ3n) is 4.11. The second-order valence-corrected chi connectivity index (χ2v) is 5.73.